The molecular weight excluding hydrogens is 280 g/mol. The first-order chi connectivity index (χ1) is 10.9. The molecule has 0 amide bonds. The van der Waals surface area contributed by atoms with E-state index in [2.05, 4.69) is 58.8 Å². The van der Waals surface area contributed by atoms with Crippen molar-refractivity contribution in [3.63, 3.8) is 0 Å². The molecule has 0 bridgehead atoms. The normalized spacial score (nSPS) is 14.5. The van der Waals surface area contributed by atoms with E-state index in [0.29, 0.717) is 0 Å². The van der Waals surface area contributed by atoms with Crippen molar-refractivity contribution in [2.45, 2.75) is 105 Å². The third-order valence-electron chi connectivity index (χ3n) is 4.53. The molecular formula is C21H50N2. The average Bonchev–Trinajstić information content (AvgIpc) is 2.56. The summed E-state index contributed by atoms with van der Waals surface area (Å²) in [7, 11) is 8.93. The van der Waals surface area contributed by atoms with E-state index in [4.69, 9.17) is 0 Å². The van der Waals surface area contributed by atoms with Crippen LogP contribution in [0.15, 0.2) is 0 Å². The molecule has 0 radical (unpaired) electrons. The molecule has 0 aromatic carbocycles. The van der Waals surface area contributed by atoms with E-state index >= 15 is 0 Å². The summed E-state index contributed by atoms with van der Waals surface area (Å²) >= 11 is 0. The maximum atomic E-state index is 2.43. The Bertz CT molecular complexity index is 202. The van der Waals surface area contributed by atoms with Gasteiger partial charge in [-0.25, -0.2) is 0 Å². The van der Waals surface area contributed by atoms with Gasteiger partial charge in [0.1, 0.15) is 0 Å². The molecule has 0 aliphatic carbocycles. The quantitative estimate of drug-likeness (QED) is 0.438. The Labute approximate surface area is 150 Å². The molecule has 23 heavy (non-hydrogen) atoms. The highest BCUT2D eigenvalue weighted by atomic mass is 15.1. The summed E-state index contributed by atoms with van der Waals surface area (Å²) in [4.78, 5) is 4.83. The second kappa shape index (κ2) is 20.0. The van der Waals surface area contributed by atoms with E-state index < -0.39 is 0 Å². The zero-order chi connectivity index (χ0) is 18.8. The summed E-state index contributed by atoms with van der Waals surface area (Å²) in [5.74, 6) is 0.854. The van der Waals surface area contributed by atoms with Gasteiger partial charge in [0, 0.05) is 12.1 Å². The Morgan fingerprint density at radius 1 is 0.696 bits per heavy atom. The van der Waals surface area contributed by atoms with Crippen LogP contribution in [0.3, 0.4) is 0 Å². The van der Waals surface area contributed by atoms with Gasteiger partial charge in [0.2, 0.25) is 0 Å². The largest absolute Gasteiger partial charge is 0.306 e. The second-order valence-corrected chi connectivity index (χ2v) is 6.70. The van der Waals surface area contributed by atoms with Gasteiger partial charge in [-0.05, 0) is 59.8 Å². The van der Waals surface area contributed by atoms with Gasteiger partial charge in [0.05, 0.1) is 0 Å². The molecule has 0 rings (SSSR count). The fourth-order valence-electron chi connectivity index (χ4n) is 2.80. The van der Waals surface area contributed by atoms with Crippen LogP contribution in [0.2, 0.25) is 0 Å². The van der Waals surface area contributed by atoms with Gasteiger partial charge in [-0.1, -0.05) is 67.7 Å². The second-order valence-electron chi connectivity index (χ2n) is 6.70. The lowest BCUT2D eigenvalue weighted by molar-refractivity contribution is 0.211. The molecule has 0 fully saturated rings. The maximum Gasteiger partial charge on any atom is 0.00917 e. The lowest BCUT2D eigenvalue weighted by Gasteiger charge is -2.29. The summed E-state index contributed by atoms with van der Waals surface area (Å²) in [6.45, 7) is 15.0. The number of rotatable bonds is 11. The molecule has 0 N–H and O–H groups in total. The fraction of sp³-hybridized carbons (Fsp3) is 1.00. The SMILES string of the molecule is CC.CC.CCCC(CCCC(CC(C)CC)N(C)C)N(C)C. The number of hydrogen-bond acceptors (Lipinski definition) is 2. The minimum Gasteiger partial charge on any atom is -0.306 e. The predicted octanol–water partition coefficient (Wildman–Crippen LogP) is 6.31. The molecule has 3 atom stereocenters. The first-order valence-corrected chi connectivity index (χ1v) is 10.2. The summed E-state index contributed by atoms with van der Waals surface area (Å²) in [6.07, 6.45) is 9.36. The van der Waals surface area contributed by atoms with Gasteiger partial charge in [0.25, 0.3) is 0 Å². The van der Waals surface area contributed by atoms with Crippen molar-refractivity contribution in [3.05, 3.63) is 0 Å². The van der Waals surface area contributed by atoms with Crippen LogP contribution in [0.1, 0.15) is 93.4 Å². The van der Waals surface area contributed by atoms with Crippen LogP contribution in [0.5, 0.6) is 0 Å². The maximum absolute atomic E-state index is 2.43. The van der Waals surface area contributed by atoms with E-state index in [1.165, 1.54) is 44.9 Å². The first-order valence-electron chi connectivity index (χ1n) is 10.2. The summed E-state index contributed by atoms with van der Waals surface area (Å²) in [6, 6.07) is 1.54. The minimum atomic E-state index is 0.763. The van der Waals surface area contributed by atoms with Crippen LogP contribution < -0.4 is 0 Å². The van der Waals surface area contributed by atoms with Crippen LogP contribution in [0.4, 0.5) is 0 Å². The molecule has 0 aromatic rings. The summed E-state index contributed by atoms with van der Waals surface area (Å²) < 4.78 is 0. The van der Waals surface area contributed by atoms with Gasteiger partial charge in [-0.2, -0.15) is 0 Å². The average molecular weight is 331 g/mol. The summed E-state index contributed by atoms with van der Waals surface area (Å²) in [5, 5.41) is 0. The topological polar surface area (TPSA) is 6.48 Å². The van der Waals surface area contributed by atoms with Crippen molar-refractivity contribution in [1.29, 1.82) is 0 Å². The van der Waals surface area contributed by atoms with E-state index in [0.717, 1.165) is 18.0 Å². The van der Waals surface area contributed by atoms with Crippen molar-refractivity contribution in [1.82, 2.24) is 9.80 Å². The van der Waals surface area contributed by atoms with E-state index in [1.807, 2.05) is 27.7 Å². The molecule has 0 heterocycles. The molecule has 0 aromatic heterocycles. The van der Waals surface area contributed by atoms with E-state index in [1.54, 1.807) is 0 Å². The standard InChI is InChI=1S/C17H38N2.2C2H6/c1-8-11-16(18(4)5)12-10-13-17(19(6)7)14-15(3)9-2;2*1-2/h15-17H,8-14H2,1-7H3;2*1-2H3. The monoisotopic (exact) mass is 330 g/mol. The van der Waals surface area contributed by atoms with Gasteiger partial charge in [0.15, 0.2) is 0 Å². The minimum absolute atomic E-state index is 0.763. The van der Waals surface area contributed by atoms with Crippen LogP contribution >= 0.6 is 0 Å². The number of nitrogens with zero attached hydrogens (tertiary/aromatic N) is 2. The predicted molar refractivity (Wildman–Crippen MR) is 110 cm³/mol. The summed E-state index contributed by atoms with van der Waals surface area (Å²) in [5.41, 5.74) is 0. The fourth-order valence-corrected chi connectivity index (χ4v) is 2.80. The molecule has 3 unspecified atom stereocenters. The van der Waals surface area contributed by atoms with Crippen molar-refractivity contribution in [2.24, 2.45) is 5.92 Å². The molecule has 0 saturated carbocycles. The van der Waals surface area contributed by atoms with Crippen molar-refractivity contribution in [2.75, 3.05) is 28.2 Å². The Morgan fingerprint density at radius 3 is 1.48 bits per heavy atom. The first kappa shape index (κ1) is 27.8. The molecule has 144 valence electrons. The van der Waals surface area contributed by atoms with Crippen LogP contribution in [0, 0.1) is 5.92 Å². The molecule has 0 aliphatic rings. The Morgan fingerprint density at radius 2 is 1.13 bits per heavy atom. The van der Waals surface area contributed by atoms with Crippen molar-refractivity contribution < 1.29 is 0 Å². The smallest absolute Gasteiger partial charge is 0.00917 e. The van der Waals surface area contributed by atoms with Crippen LogP contribution in [0.25, 0.3) is 0 Å². The lowest BCUT2D eigenvalue weighted by atomic mass is 9.93. The van der Waals surface area contributed by atoms with Gasteiger partial charge < -0.3 is 9.80 Å². The molecule has 0 saturated heterocycles. The zero-order valence-electron chi connectivity index (χ0n) is 18.6. The molecule has 2 heteroatoms. The Kier molecular flexibility index (Phi) is 24.1. The molecule has 2 nitrogen and oxygen atoms in total. The highest BCUT2D eigenvalue weighted by Gasteiger charge is 2.16. The van der Waals surface area contributed by atoms with Crippen LogP contribution in [-0.4, -0.2) is 50.1 Å². The van der Waals surface area contributed by atoms with Gasteiger partial charge >= 0.3 is 0 Å². The van der Waals surface area contributed by atoms with Crippen LogP contribution in [-0.2, 0) is 0 Å². The highest BCUT2D eigenvalue weighted by molar-refractivity contribution is 4.72. The van der Waals surface area contributed by atoms with E-state index in [9.17, 15) is 0 Å². The Hall–Kier alpha value is -0.0800. The third-order valence-corrected chi connectivity index (χ3v) is 4.53. The van der Waals surface area contributed by atoms with Gasteiger partial charge in [-0.3, -0.25) is 0 Å². The van der Waals surface area contributed by atoms with Gasteiger partial charge in [-0.15, -0.1) is 0 Å². The molecule has 0 aliphatic heterocycles. The van der Waals surface area contributed by atoms with Crippen molar-refractivity contribution in [3.8, 4) is 0 Å². The Balaban J connectivity index is -0.000000919. The third kappa shape index (κ3) is 16.6. The molecule has 0 spiro atoms. The zero-order valence-corrected chi connectivity index (χ0v) is 18.6. The highest BCUT2D eigenvalue weighted by Crippen LogP contribution is 2.19. The van der Waals surface area contributed by atoms with E-state index in [-0.39, 0.29) is 0 Å². The lowest BCUT2D eigenvalue weighted by Crippen LogP contribution is -2.31. The van der Waals surface area contributed by atoms with Crippen molar-refractivity contribution >= 4 is 0 Å². The number of hydrogen-bond donors (Lipinski definition) is 0.